The van der Waals surface area contributed by atoms with Gasteiger partial charge in [-0.2, -0.15) is 0 Å². The summed E-state index contributed by atoms with van der Waals surface area (Å²) in [5, 5.41) is 9.10. The largest absolute Gasteiger partial charge is 0.480 e. The first-order chi connectivity index (χ1) is 6.15. The predicted molar refractivity (Wildman–Crippen MR) is 56.8 cm³/mol. The molecule has 3 nitrogen and oxygen atoms in total. The number of rotatable bonds is 2. The van der Waals surface area contributed by atoms with E-state index in [4.69, 9.17) is 5.11 Å². The Hall–Kier alpha value is -0.280. The fourth-order valence-corrected chi connectivity index (χ4v) is 2.36. The minimum absolute atomic E-state index is 0. The lowest BCUT2D eigenvalue weighted by Gasteiger charge is -2.35. The first-order valence-corrected chi connectivity index (χ1v) is 5.13. The molecule has 1 unspecified atom stereocenters. The second kappa shape index (κ2) is 4.07. The Morgan fingerprint density at radius 3 is 2.57 bits per heavy atom. The molecule has 1 heterocycles. The Kier molecular flexibility index (Phi) is 3.43. The normalized spacial score (nSPS) is 30.5. The molecule has 2 rings (SSSR count). The number of hydrogen-bond acceptors (Lipinski definition) is 2. The highest BCUT2D eigenvalue weighted by Crippen LogP contribution is 2.43. The second-order valence-electron chi connectivity index (χ2n) is 4.53. The quantitative estimate of drug-likeness (QED) is 0.770. The molecule has 1 saturated carbocycles. The molecular formula is C10H18ClNO2. The van der Waals surface area contributed by atoms with Crippen molar-refractivity contribution in [2.45, 2.75) is 38.1 Å². The fourth-order valence-electron chi connectivity index (χ4n) is 2.36. The average Bonchev–Trinajstić information content (AvgIpc) is 2.83. The molecule has 0 radical (unpaired) electrons. The number of carbonyl (C=O) groups is 1. The number of hydrogen-bond donors (Lipinski definition) is 1. The number of likely N-dealkylation sites (tertiary alicyclic amines) is 1. The lowest BCUT2D eigenvalue weighted by Crippen LogP contribution is -2.48. The number of piperidine rings is 1. The molecule has 2 aliphatic rings. The monoisotopic (exact) mass is 219 g/mol. The van der Waals surface area contributed by atoms with E-state index in [1.807, 2.05) is 0 Å². The van der Waals surface area contributed by atoms with Crippen LogP contribution in [0, 0.1) is 5.92 Å². The minimum Gasteiger partial charge on any atom is -0.480 e. The molecule has 0 aromatic rings. The van der Waals surface area contributed by atoms with E-state index in [-0.39, 0.29) is 12.4 Å². The van der Waals surface area contributed by atoms with Gasteiger partial charge in [0.25, 0.3) is 0 Å². The summed E-state index contributed by atoms with van der Waals surface area (Å²) in [6.45, 7) is 4.17. The molecule has 0 aromatic heterocycles. The number of nitrogens with zero attached hydrogens (tertiary/aromatic N) is 1. The van der Waals surface area contributed by atoms with Gasteiger partial charge < -0.3 is 5.11 Å². The molecule has 0 aromatic carbocycles. The highest BCUT2D eigenvalue weighted by molar-refractivity contribution is 5.85. The SMILES string of the molecule is CC1CCCN(C2(C(=O)O)CC2)C1.Cl. The van der Waals surface area contributed by atoms with E-state index in [0.717, 1.165) is 32.4 Å². The van der Waals surface area contributed by atoms with Gasteiger partial charge in [0.15, 0.2) is 0 Å². The summed E-state index contributed by atoms with van der Waals surface area (Å²) in [6.07, 6.45) is 4.13. The minimum atomic E-state index is -0.610. The molecular weight excluding hydrogens is 202 g/mol. The maximum absolute atomic E-state index is 11.0. The summed E-state index contributed by atoms with van der Waals surface area (Å²) in [4.78, 5) is 13.2. The molecule has 0 spiro atoms. The van der Waals surface area contributed by atoms with E-state index in [1.54, 1.807) is 0 Å². The Morgan fingerprint density at radius 2 is 2.14 bits per heavy atom. The predicted octanol–water partition coefficient (Wildman–Crippen LogP) is 1.76. The number of aliphatic carboxylic acids is 1. The van der Waals surface area contributed by atoms with E-state index < -0.39 is 11.5 Å². The highest BCUT2D eigenvalue weighted by atomic mass is 35.5. The molecule has 1 aliphatic carbocycles. The van der Waals surface area contributed by atoms with Gasteiger partial charge in [-0.05, 0) is 38.1 Å². The Balaban J connectivity index is 0.000000980. The van der Waals surface area contributed by atoms with Gasteiger partial charge in [0.05, 0.1) is 0 Å². The Labute approximate surface area is 90.9 Å². The standard InChI is InChI=1S/C10H17NO2.ClH/c1-8-3-2-6-11(7-8)10(4-5-10)9(12)13;/h8H,2-7H2,1H3,(H,12,13);1H. The average molecular weight is 220 g/mol. The smallest absolute Gasteiger partial charge is 0.324 e. The molecule has 1 aliphatic heterocycles. The van der Waals surface area contributed by atoms with Gasteiger partial charge in [-0.15, -0.1) is 12.4 Å². The van der Waals surface area contributed by atoms with Crippen LogP contribution in [0.25, 0.3) is 0 Å². The van der Waals surface area contributed by atoms with Gasteiger partial charge in [-0.3, -0.25) is 9.69 Å². The van der Waals surface area contributed by atoms with Crippen LogP contribution < -0.4 is 0 Å². The first kappa shape index (κ1) is 11.8. The maximum Gasteiger partial charge on any atom is 0.324 e. The summed E-state index contributed by atoms with van der Waals surface area (Å²) in [7, 11) is 0. The molecule has 14 heavy (non-hydrogen) atoms. The molecule has 0 amide bonds. The molecule has 1 saturated heterocycles. The van der Waals surface area contributed by atoms with E-state index in [1.165, 1.54) is 6.42 Å². The van der Waals surface area contributed by atoms with E-state index >= 15 is 0 Å². The van der Waals surface area contributed by atoms with Crippen molar-refractivity contribution in [3.05, 3.63) is 0 Å². The molecule has 2 fully saturated rings. The zero-order valence-corrected chi connectivity index (χ0v) is 9.35. The zero-order valence-electron chi connectivity index (χ0n) is 8.53. The Morgan fingerprint density at radius 1 is 1.50 bits per heavy atom. The molecule has 1 atom stereocenters. The van der Waals surface area contributed by atoms with Crippen molar-refractivity contribution in [1.29, 1.82) is 0 Å². The van der Waals surface area contributed by atoms with E-state index in [0.29, 0.717) is 5.92 Å². The van der Waals surface area contributed by atoms with Crippen LogP contribution >= 0.6 is 12.4 Å². The van der Waals surface area contributed by atoms with Crippen LogP contribution in [0.2, 0.25) is 0 Å². The van der Waals surface area contributed by atoms with Crippen molar-refractivity contribution in [3.8, 4) is 0 Å². The van der Waals surface area contributed by atoms with Crippen molar-refractivity contribution < 1.29 is 9.90 Å². The van der Waals surface area contributed by atoms with Crippen LogP contribution in [0.3, 0.4) is 0 Å². The first-order valence-electron chi connectivity index (χ1n) is 5.13. The van der Waals surface area contributed by atoms with Gasteiger partial charge in [0, 0.05) is 6.54 Å². The van der Waals surface area contributed by atoms with Gasteiger partial charge in [0.2, 0.25) is 0 Å². The molecule has 82 valence electrons. The number of carboxylic acid groups (broad SMARTS) is 1. The lowest BCUT2D eigenvalue weighted by molar-refractivity contribution is -0.146. The zero-order chi connectivity index (χ0) is 9.47. The second-order valence-corrected chi connectivity index (χ2v) is 4.53. The molecule has 0 bridgehead atoms. The van der Waals surface area contributed by atoms with Gasteiger partial charge in [-0.1, -0.05) is 6.92 Å². The van der Waals surface area contributed by atoms with E-state index in [9.17, 15) is 4.79 Å². The third-order valence-corrected chi connectivity index (χ3v) is 3.38. The summed E-state index contributed by atoms with van der Waals surface area (Å²) in [5.74, 6) is 0.0622. The number of carboxylic acids is 1. The summed E-state index contributed by atoms with van der Waals surface area (Å²) in [6, 6.07) is 0. The van der Waals surface area contributed by atoms with Crippen molar-refractivity contribution in [3.63, 3.8) is 0 Å². The van der Waals surface area contributed by atoms with Gasteiger partial charge in [0.1, 0.15) is 5.54 Å². The number of halogens is 1. The summed E-state index contributed by atoms with van der Waals surface area (Å²) >= 11 is 0. The van der Waals surface area contributed by atoms with Crippen molar-refractivity contribution in [1.82, 2.24) is 4.90 Å². The van der Waals surface area contributed by atoms with Crippen LogP contribution in [0.15, 0.2) is 0 Å². The third-order valence-electron chi connectivity index (χ3n) is 3.38. The fraction of sp³-hybridized carbons (Fsp3) is 0.900. The van der Waals surface area contributed by atoms with Crippen LogP contribution in [-0.2, 0) is 4.79 Å². The van der Waals surface area contributed by atoms with Crippen molar-refractivity contribution in [2.24, 2.45) is 5.92 Å². The van der Waals surface area contributed by atoms with Gasteiger partial charge in [-0.25, -0.2) is 0 Å². The van der Waals surface area contributed by atoms with Gasteiger partial charge >= 0.3 is 5.97 Å². The van der Waals surface area contributed by atoms with E-state index in [2.05, 4.69) is 11.8 Å². The van der Waals surface area contributed by atoms with Crippen molar-refractivity contribution in [2.75, 3.05) is 13.1 Å². The van der Waals surface area contributed by atoms with Crippen LogP contribution in [-0.4, -0.2) is 34.6 Å². The summed E-state index contributed by atoms with van der Waals surface area (Å²) < 4.78 is 0. The Bertz CT molecular complexity index is 228. The van der Waals surface area contributed by atoms with Crippen LogP contribution in [0.1, 0.15) is 32.6 Å². The lowest BCUT2D eigenvalue weighted by atomic mass is 9.98. The molecule has 4 heteroatoms. The van der Waals surface area contributed by atoms with Crippen LogP contribution in [0.4, 0.5) is 0 Å². The third kappa shape index (κ3) is 1.89. The maximum atomic E-state index is 11.0. The topological polar surface area (TPSA) is 40.5 Å². The highest BCUT2D eigenvalue weighted by Gasteiger charge is 2.55. The van der Waals surface area contributed by atoms with Crippen LogP contribution in [0.5, 0.6) is 0 Å². The van der Waals surface area contributed by atoms with Crippen molar-refractivity contribution >= 4 is 18.4 Å². The summed E-state index contributed by atoms with van der Waals surface area (Å²) in [5.41, 5.74) is -0.450. The molecule has 1 N–H and O–H groups in total.